The summed E-state index contributed by atoms with van der Waals surface area (Å²) in [6.07, 6.45) is 0. The molecule has 1 heterocycles. The van der Waals surface area contributed by atoms with Crippen molar-refractivity contribution in [1.29, 1.82) is 0 Å². The van der Waals surface area contributed by atoms with Crippen LogP contribution in [-0.4, -0.2) is 32.3 Å². The molecule has 7 nitrogen and oxygen atoms in total. The zero-order valence-corrected chi connectivity index (χ0v) is 18.7. The molecule has 2 aromatic carbocycles. The lowest BCUT2D eigenvalue weighted by molar-refractivity contribution is -0.113. The predicted octanol–water partition coefficient (Wildman–Crippen LogP) is 4.11. The van der Waals surface area contributed by atoms with E-state index in [-0.39, 0.29) is 17.2 Å². The van der Waals surface area contributed by atoms with Crippen molar-refractivity contribution in [2.45, 2.75) is 38.5 Å². The number of rotatable bonds is 8. The summed E-state index contributed by atoms with van der Waals surface area (Å²) < 4.78 is 29.1. The molecule has 1 atom stereocenters. The van der Waals surface area contributed by atoms with Gasteiger partial charge in [-0.15, -0.1) is 10.2 Å². The van der Waals surface area contributed by atoms with Gasteiger partial charge in [-0.05, 0) is 50.6 Å². The van der Waals surface area contributed by atoms with Crippen LogP contribution in [-0.2, 0) is 11.3 Å². The maximum absolute atomic E-state index is 13.9. The first-order valence-electron chi connectivity index (χ1n) is 9.97. The molecule has 0 saturated carbocycles. The second kappa shape index (κ2) is 10.4. The van der Waals surface area contributed by atoms with Crippen molar-refractivity contribution >= 4 is 29.3 Å². The summed E-state index contributed by atoms with van der Waals surface area (Å²) in [6.45, 7) is 5.90. The zero-order valence-electron chi connectivity index (χ0n) is 17.9. The number of amides is 2. The van der Waals surface area contributed by atoms with Gasteiger partial charge in [0.15, 0.2) is 11.0 Å². The van der Waals surface area contributed by atoms with E-state index in [1.165, 1.54) is 42.1 Å². The molecular formula is C22H23F2N5O2S. The Balaban J connectivity index is 1.65. The van der Waals surface area contributed by atoms with Crippen molar-refractivity contribution in [3.05, 3.63) is 71.1 Å². The molecule has 2 amide bonds. The number of nitrogens with one attached hydrogen (secondary N) is 2. The van der Waals surface area contributed by atoms with Gasteiger partial charge in [0.2, 0.25) is 5.91 Å². The van der Waals surface area contributed by atoms with Crippen LogP contribution in [0.3, 0.4) is 0 Å². The van der Waals surface area contributed by atoms with Crippen molar-refractivity contribution in [2.75, 3.05) is 11.1 Å². The minimum absolute atomic E-state index is 0.0457. The van der Waals surface area contributed by atoms with E-state index in [9.17, 15) is 18.4 Å². The molecule has 0 fully saturated rings. The Morgan fingerprint density at radius 3 is 2.62 bits per heavy atom. The van der Waals surface area contributed by atoms with Crippen molar-refractivity contribution < 1.29 is 18.4 Å². The number of benzene rings is 2. The monoisotopic (exact) mass is 459 g/mol. The molecule has 2 N–H and O–H groups in total. The number of aryl methyl sites for hydroxylation is 1. The summed E-state index contributed by atoms with van der Waals surface area (Å²) in [5.41, 5.74) is 1.11. The van der Waals surface area contributed by atoms with Gasteiger partial charge in [0.25, 0.3) is 5.91 Å². The number of halogens is 2. The third-order valence-corrected chi connectivity index (χ3v) is 5.69. The van der Waals surface area contributed by atoms with E-state index < -0.39 is 23.6 Å². The summed E-state index contributed by atoms with van der Waals surface area (Å²) >= 11 is 1.18. The van der Waals surface area contributed by atoms with Crippen LogP contribution in [0.25, 0.3) is 0 Å². The number of carbonyl (C=O) groups excluding carboxylic acids is 2. The smallest absolute Gasteiger partial charge is 0.254 e. The molecule has 32 heavy (non-hydrogen) atoms. The maximum Gasteiger partial charge on any atom is 0.254 e. The molecule has 0 unspecified atom stereocenters. The van der Waals surface area contributed by atoms with E-state index >= 15 is 0 Å². The van der Waals surface area contributed by atoms with E-state index in [2.05, 4.69) is 20.8 Å². The molecule has 1 aromatic heterocycles. The third-order valence-electron chi connectivity index (χ3n) is 4.72. The summed E-state index contributed by atoms with van der Waals surface area (Å²) in [5, 5.41) is 14.2. The highest BCUT2D eigenvalue weighted by Crippen LogP contribution is 2.22. The first-order valence-corrected chi connectivity index (χ1v) is 11.0. The number of aromatic nitrogens is 3. The molecule has 0 saturated heterocycles. The third kappa shape index (κ3) is 5.50. The number of hydrogen-bond donors (Lipinski definition) is 2. The van der Waals surface area contributed by atoms with E-state index in [0.29, 0.717) is 23.2 Å². The van der Waals surface area contributed by atoms with Crippen LogP contribution in [0.4, 0.5) is 14.5 Å². The topological polar surface area (TPSA) is 88.9 Å². The number of hydrogen-bond acceptors (Lipinski definition) is 5. The van der Waals surface area contributed by atoms with Crippen LogP contribution in [0.5, 0.6) is 0 Å². The summed E-state index contributed by atoms with van der Waals surface area (Å²) in [6, 6.07) is 9.38. The van der Waals surface area contributed by atoms with Crippen molar-refractivity contribution in [3.8, 4) is 0 Å². The fraction of sp³-hybridized carbons (Fsp3) is 0.273. The molecule has 0 spiro atoms. The normalized spacial score (nSPS) is 11.8. The van der Waals surface area contributed by atoms with Crippen LogP contribution >= 0.6 is 11.8 Å². The number of anilines is 1. The molecular weight excluding hydrogens is 436 g/mol. The van der Waals surface area contributed by atoms with Crippen LogP contribution in [0.1, 0.15) is 41.6 Å². The number of thioether (sulfide) groups is 1. The largest absolute Gasteiger partial charge is 0.342 e. The van der Waals surface area contributed by atoms with Gasteiger partial charge >= 0.3 is 0 Å². The predicted molar refractivity (Wildman–Crippen MR) is 118 cm³/mol. The SMILES string of the molecule is CCn1c(SCC(=O)Nc2cc(F)ccc2C)nnc1[C@@H](C)NC(=O)c1ccccc1F. The molecule has 10 heteroatoms. The second-order valence-corrected chi connectivity index (χ2v) is 8.00. The first-order chi connectivity index (χ1) is 15.3. The van der Waals surface area contributed by atoms with Gasteiger partial charge in [0.1, 0.15) is 11.6 Å². The molecule has 3 aromatic rings. The van der Waals surface area contributed by atoms with Gasteiger partial charge < -0.3 is 15.2 Å². The lowest BCUT2D eigenvalue weighted by Crippen LogP contribution is -2.29. The molecule has 0 aliphatic heterocycles. The Labute approximate surface area is 188 Å². The van der Waals surface area contributed by atoms with Crippen LogP contribution < -0.4 is 10.6 Å². The minimum atomic E-state index is -0.607. The quantitative estimate of drug-likeness (QED) is 0.495. The summed E-state index contributed by atoms with van der Waals surface area (Å²) in [4.78, 5) is 24.7. The van der Waals surface area contributed by atoms with E-state index in [1.54, 1.807) is 30.5 Å². The standard InChI is InChI=1S/C22H23F2N5O2S/c1-4-29-20(14(3)25-21(31)16-7-5-6-8-17(16)24)27-28-22(29)32-12-19(30)26-18-11-15(23)10-9-13(18)2/h5-11,14H,4,12H2,1-3H3,(H,25,31)(H,26,30)/t14-/m1/s1. The Morgan fingerprint density at radius 1 is 1.16 bits per heavy atom. The van der Waals surface area contributed by atoms with E-state index in [1.807, 2.05) is 6.92 Å². The highest BCUT2D eigenvalue weighted by atomic mass is 32.2. The lowest BCUT2D eigenvalue weighted by Gasteiger charge is -2.15. The number of nitrogens with zero attached hydrogens (tertiary/aromatic N) is 3. The summed E-state index contributed by atoms with van der Waals surface area (Å²) in [5.74, 6) is -1.37. The molecule has 0 radical (unpaired) electrons. The van der Waals surface area contributed by atoms with Gasteiger partial charge in [-0.3, -0.25) is 9.59 Å². The Hall–Kier alpha value is -3.27. The van der Waals surface area contributed by atoms with E-state index in [4.69, 9.17) is 0 Å². The fourth-order valence-corrected chi connectivity index (χ4v) is 3.86. The van der Waals surface area contributed by atoms with Crippen LogP contribution in [0.2, 0.25) is 0 Å². The highest BCUT2D eigenvalue weighted by Gasteiger charge is 2.21. The van der Waals surface area contributed by atoms with Crippen molar-refractivity contribution in [1.82, 2.24) is 20.1 Å². The van der Waals surface area contributed by atoms with Gasteiger partial charge in [-0.25, -0.2) is 8.78 Å². The zero-order chi connectivity index (χ0) is 23.3. The molecule has 0 aliphatic carbocycles. The second-order valence-electron chi connectivity index (χ2n) is 7.06. The lowest BCUT2D eigenvalue weighted by atomic mass is 10.2. The first kappa shape index (κ1) is 23.4. The molecule has 0 bridgehead atoms. The van der Waals surface area contributed by atoms with Gasteiger partial charge in [0.05, 0.1) is 17.4 Å². The minimum Gasteiger partial charge on any atom is -0.342 e. The molecule has 0 aliphatic rings. The average Bonchev–Trinajstić information content (AvgIpc) is 3.18. The van der Waals surface area contributed by atoms with E-state index in [0.717, 1.165) is 5.56 Å². The number of carbonyl (C=O) groups is 2. The van der Waals surface area contributed by atoms with Crippen LogP contribution in [0.15, 0.2) is 47.6 Å². The fourth-order valence-electron chi connectivity index (χ4n) is 3.05. The maximum atomic E-state index is 13.9. The van der Waals surface area contributed by atoms with Crippen molar-refractivity contribution in [3.63, 3.8) is 0 Å². The van der Waals surface area contributed by atoms with Crippen molar-refractivity contribution in [2.24, 2.45) is 0 Å². The van der Waals surface area contributed by atoms with Gasteiger partial charge in [-0.1, -0.05) is 30.0 Å². The van der Waals surface area contributed by atoms with Gasteiger partial charge in [0, 0.05) is 12.2 Å². The molecule has 3 rings (SSSR count). The Bertz CT molecular complexity index is 1140. The summed E-state index contributed by atoms with van der Waals surface area (Å²) in [7, 11) is 0. The average molecular weight is 460 g/mol. The molecule has 168 valence electrons. The Kier molecular flexibility index (Phi) is 7.57. The van der Waals surface area contributed by atoms with Crippen LogP contribution in [0, 0.1) is 18.6 Å². The highest BCUT2D eigenvalue weighted by molar-refractivity contribution is 7.99. The Morgan fingerprint density at radius 2 is 1.91 bits per heavy atom. The van der Waals surface area contributed by atoms with Gasteiger partial charge in [-0.2, -0.15) is 0 Å².